The van der Waals surface area contributed by atoms with Crippen LogP contribution in [0.15, 0.2) is 48.9 Å². The van der Waals surface area contributed by atoms with Crippen LogP contribution in [0.25, 0.3) is 0 Å². The van der Waals surface area contributed by atoms with E-state index in [1.165, 1.54) is 6.33 Å². The molecule has 5 heteroatoms. The van der Waals surface area contributed by atoms with E-state index in [0.717, 1.165) is 30.8 Å². The number of hydrogen-bond acceptors (Lipinski definition) is 4. The molecule has 0 unspecified atom stereocenters. The van der Waals surface area contributed by atoms with Gasteiger partial charge in [-0.05, 0) is 31.0 Å². The molecule has 0 N–H and O–H groups in total. The summed E-state index contributed by atoms with van der Waals surface area (Å²) in [4.78, 5) is 22.6. The number of carbonyl (C=O) groups is 1. The highest BCUT2D eigenvalue weighted by Gasteiger charge is 2.30. The highest BCUT2D eigenvalue weighted by atomic mass is 16.5. The van der Waals surface area contributed by atoms with E-state index < -0.39 is 0 Å². The van der Waals surface area contributed by atoms with Crippen LogP contribution in [0.2, 0.25) is 0 Å². The SMILES string of the molecule is O=C(CCOc1ccccc1)N1CCC[C@H]1c1ccncn1. The van der Waals surface area contributed by atoms with E-state index in [-0.39, 0.29) is 11.9 Å². The van der Waals surface area contributed by atoms with E-state index in [2.05, 4.69) is 9.97 Å². The molecule has 0 saturated carbocycles. The van der Waals surface area contributed by atoms with Crippen LogP contribution in [0.5, 0.6) is 5.75 Å². The molecule has 1 fully saturated rings. The maximum absolute atomic E-state index is 12.4. The lowest BCUT2D eigenvalue weighted by atomic mass is 10.1. The standard InChI is InChI=1S/C17H19N3O2/c21-17(9-12-22-14-5-2-1-3-6-14)20-11-4-7-16(20)15-8-10-18-13-19-15/h1-3,5-6,8,10,13,16H,4,7,9,11-12H2/t16-/m0/s1. The lowest BCUT2D eigenvalue weighted by molar-refractivity contribution is -0.132. The van der Waals surface area contributed by atoms with Gasteiger partial charge in [-0.3, -0.25) is 4.79 Å². The number of amides is 1. The molecule has 2 heterocycles. The third-order valence-electron chi connectivity index (χ3n) is 3.85. The van der Waals surface area contributed by atoms with Crippen molar-refractivity contribution in [1.82, 2.24) is 14.9 Å². The normalized spacial score (nSPS) is 17.5. The van der Waals surface area contributed by atoms with E-state index >= 15 is 0 Å². The van der Waals surface area contributed by atoms with Crippen LogP contribution in [-0.2, 0) is 4.79 Å². The van der Waals surface area contributed by atoms with Gasteiger partial charge in [-0.25, -0.2) is 9.97 Å². The summed E-state index contributed by atoms with van der Waals surface area (Å²) in [5.41, 5.74) is 0.921. The van der Waals surface area contributed by atoms with Gasteiger partial charge >= 0.3 is 0 Å². The van der Waals surface area contributed by atoms with Gasteiger partial charge in [-0.1, -0.05) is 18.2 Å². The van der Waals surface area contributed by atoms with Crippen molar-refractivity contribution in [2.24, 2.45) is 0 Å². The average molecular weight is 297 g/mol. The molecule has 1 aliphatic rings. The monoisotopic (exact) mass is 297 g/mol. The van der Waals surface area contributed by atoms with Crippen molar-refractivity contribution in [3.8, 4) is 5.75 Å². The second-order valence-electron chi connectivity index (χ2n) is 5.29. The Morgan fingerprint density at radius 1 is 1.27 bits per heavy atom. The lowest BCUT2D eigenvalue weighted by Gasteiger charge is -2.24. The number of para-hydroxylation sites is 1. The number of carbonyl (C=O) groups excluding carboxylic acids is 1. The number of ether oxygens (including phenoxy) is 1. The largest absolute Gasteiger partial charge is 0.493 e. The summed E-state index contributed by atoms with van der Waals surface area (Å²) < 4.78 is 5.60. The van der Waals surface area contributed by atoms with Gasteiger partial charge < -0.3 is 9.64 Å². The first-order valence-electron chi connectivity index (χ1n) is 7.58. The molecule has 2 aromatic rings. The van der Waals surface area contributed by atoms with Crippen LogP contribution >= 0.6 is 0 Å². The van der Waals surface area contributed by atoms with E-state index in [4.69, 9.17) is 4.74 Å². The Balaban J connectivity index is 1.55. The van der Waals surface area contributed by atoms with Crippen LogP contribution in [0.4, 0.5) is 0 Å². The van der Waals surface area contributed by atoms with Crippen molar-refractivity contribution in [2.45, 2.75) is 25.3 Å². The smallest absolute Gasteiger partial charge is 0.226 e. The van der Waals surface area contributed by atoms with Gasteiger partial charge in [0.1, 0.15) is 12.1 Å². The molecule has 1 saturated heterocycles. The van der Waals surface area contributed by atoms with Crippen molar-refractivity contribution >= 4 is 5.91 Å². The zero-order valence-corrected chi connectivity index (χ0v) is 12.4. The molecule has 1 aliphatic heterocycles. The topological polar surface area (TPSA) is 55.3 Å². The van der Waals surface area contributed by atoms with Gasteiger partial charge in [-0.2, -0.15) is 0 Å². The third-order valence-corrected chi connectivity index (χ3v) is 3.85. The van der Waals surface area contributed by atoms with Crippen LogP contribution in [0.3, 0.4) is 0 Å². The summed E-state index contributed by atoms with van der Waals surface area (Å²) in [6.07, 6.45) is 5.62. The Kier molecular flexibility index (Phi) is 4.63. The predicted octanol–water partition coefficient (Wildman–Crippen LogP) is 2.61. The Morgan fingerprint density at radius 2 is 2.14 bits per heavy atom. The van der Waals surface area contributed by atoms with Gasteiger partial charge in [-0.15, -0.1) is 0 Å². The highest BCUT2D eigenvalue weighted by molar-refractivity contribution is 5.77. The fraction of sp³-hybridized carbons (Fsp3) is 0.353. The van der Waals surface area contributed by atoms with Crippen LogP contribution < -0.4 is 4.74 Å². The summed E-state index contributed by atoms with van der Waals surface area (Å²) in [5.74, 6) is 0.918. The summed E-state index contributed by atoms with van der Waals surface area (Å²) in [7, 11) is 0. The second-order valence-corrected chi connectivity index (χ2v) is 5.29. The van der Waals surface area contributed by atoms with Gasteiger partial charge in [0.05, 0.1) is 24.8 Å². The molecule has 114 valence electrons. The molecular weight excluding hydrogens is 278 g/mol. The Labute approximate surface area is 130 Å². The third kappa shape index (κ3) is 3.42. The lowest BCUT2D eigenvalue weighted by Crippen LogP contribution is -2.31. The van der Waals surface area contributed by atoms with Crippen molar-refractivity contribution in [3.63, 3.8) is 0 Å². The van der Waals surface area contributed by atoms with Crippen LogP contribution in [-0.4, -0.2) is 33.9 Å². The Morgan fingerprint density at radius 3 is 2.91 bits per heavy atom. The molecule has 0 radical (unpaired) electrons. The zero-order chi connectivity index (χ0) is 15.2. The first kappa shape index (κ1) is 14.5. The van der Waals surface area contributed by atoms with Gasteiger partial charge in [0.2, 0.25) is 5.91 Å². The van der Waals surface area contributed by atoms with E-state index in [1.54, 1.807) is 6.20 Å². The second kappa shape index (κ2) is 7.02. The van der Waals surface area contributed by atoms with Crippen LogP contribution in [0.1, 0.15) is 31.0 Å². The molecule has 5 nitrogen and oxygen atoms in total. The summed E-state index contributed by atoms with van der Waals surface area (Å²) in [6, 6.07) is 11.5. The molecule has 1 atom stereocenters. The molecule has 0 aliphatic carbocycles. The number of hydrogen-bond donors (Lipinski definition) is 0. The number of likely N-dealkylation sites (tertiary alicyclic amines) is 1. The van der Waals surface area contributed by atoms with Crippen LogP contribution in [0, 0.1) is 0 Å². The maximum Gasteiger partial charge on any atom is 0.226 e. The molecule has 1 aromatic heterocycles. The first-order valence-corrected chi connectivity index (χ1v) is 7.58. The van der Waals surface area contributed by atoms with Gasteiger partial charge in [0.15, 0.2) is 0 Å². The maximum atomic E-state index is 12.4. The van der Waals surface area contributed by atoms with Gasteiger partial charge in [0.25, 0.3) is 0 Å². The molecular formula is C17H19N3O2. The molecule has 1 amide bonds. The highest BCUT2D eigenvalue weighted by Crippen LogP contribution is 2.30. The minimum absolute atomic E-state index is 0.0761. The molecule has 0 spiro atoms. The number of aromatic nitrogens is 2. The summed E-state index contributed by atoms with van der Waals surface area (Å²) >= 11 is 0. The van der Waals surface area contributed by atoms with Crippen molar-refractivity contribution in [2.75, 3.05) is 13.2 Å². The number of nitrogens with zero attached hydrogens (tertiary/aromatic N) is 3. The predicted molar refractivity (Wildman–Crippen MR) is 82.3 cm³/mol. The van der Waals surface area contributed by atoms with Gasteiger partial charge in [0, 0.05) is 12.7 Å². The fourth-order valence-corrected chi connectivity index (χ4v) is 2.79. The van der Waals surface area contributed by atoms with Crippen molar-refractivity contribution < 1.29 is 9.53 Å². The summed E-state index contributed by atoms with van der Waals surface area (Å²) in [6.45, 7) is 1.19. The Bertz CT molecular complexity index is 604. The number of benzene rings is 1. The van der Waals surface area contributed by atoms with E-state index in [0.29, 0.717) is 13.0 Å². The number of rotatable bonds is 5. The zero-order valence-electron chi connectivity index (χ0n) is 12.4. The first-order chi connectivity index (χ1) is 10.8. The average Bonchev–Trinajstić information content (AvgIpc) is 3.06. The van der Waals surface area contributed by atoms with E-state index in [1.807, 2.05) is 41.3 Å². The molecule has 1 aromatic carbocycles. The van der Waals surface area contributed by atoms with Crippen molar-refractivity contribution in [3.05, 3.63) is 54.6 Å². The molecule has 3 rings (SSSR count). The van der Waals surface area contributed by atoms with E-state index in [9.17, 15) is 4.79 Å². The molecule has 0 bridgehead atoms. The van der Waals surface area contributed by atoms with Crippen molar-refractivity contribution in [1.29, 1.82) is 0 Å². The minimum atomic E-state index is 0.0761. The molecule has 22 heavy (non-hydrogen) atoms. The Hall–Kier alpha value is -2.43. The fourth-order valence-electron chi connectivity index (χ4n) is 2.79. The quantitative estimate of drug-likeness (QED) is 0.851. The minimum Gasteiger partial charge on any atom is -0.493 e. The summed E-state index contributed by atoms with van der Waals surface area (Å²) in [5, 5.41) is 0.